The molecule has 0 aliphatic carbocycles. The third-order valence-corrected chi connectivity index (χ3v) is 5.78. The first-order chi connectivity index (χ1) is 9.08. The minimum Gasteiger partial charge on any atom is -0.418 e. The number of nitrogens with zero attached hydrogens (tertiary/aromatic N) is 1. The van der Waals surface area contributed by atoms with Crippen molar-refractivity contribution in [2.45, 2.75) is 13.8 Å². The van der Waals surface area contributed by atoms with Crippen molar-refractivity contribution in [3.63, 3.8) is 0 Å². The average Bonchev–Trinajstić information content (AvgIpc) is 2.53. The Morgan fingerprint density at radius 1 is 1.30 bits per heavy atom. The van der Waals surface area contributed by atoms with Crippen LogP contribution in [0.15, 0.2) is 23.2 Å². The Kier molecular flexibility index (Phi) is 6.12. The van der Waals surface area contributed by atoms with Crippen molar-refractivity contribution in [3.8, 4) is 0 Å². The molecule has 1 aromatic heterocycles. The molecule has 0 bridgehead atoms. The summed E-state index contributed by atoms with van der Waals surface area (Å²) < 4.78 is 44.2. The molecule has 8 heteroatoms. The Balaban J connectivity index is 0.000000347. The van der Waals surface area contributed by atoms with Gasteiger partial charge in [0.1, 0.15) is 0 Å². The van der Waals surface area contributed by atoms with Gasteiger partial charge in [-0.3, -0.25) is 0 Å². The standard InChI is InChI=1S/C12H13ClNTe.BF4/c1-8-4-5-11-10(6-8)14(3)12(15-11)7-9(2)13;2-1(3,4)5/h4-7H,1-3H3;/q+1;-1/b9-7+;. The average molecular weight is 421 g/mol. The van der Waals surface area contributed by atoms with Crippen LogP contribution in [0.3, 0.4) is 0 Å². The number of halogens is 5. The maximum absolute atomic E-state index is 9.75. The fourth-order valence-electron chi connectivity index (χ4n) is 1.57. The Labute approximate surface area is 129 Å². The van der Waals surface area contributed by atoms with E-state index in [1.165, 1.54) is 18.2 Å². The van der Waals surface area contributed by atoms with Gasteiger partial charge in [0.2, 0.25) is 0 Å². The maximum atomic E-state index is 9.75. The third kappa shape index (κ3) is 5.86. The van der Waals surface area contributed by atoms with E-state index in [1.54, 1.807) is 0 Å². The van der Waals surface area contributed by atoms with Crippen LogP contribution in [0, 0.1) is 6.92 Å². The monoisotopic (exact) mass is 423 g/mol. The van der Waals surface area contributed by atoms with E-state index < -0.39 is 7.25 Å². The molecule has 1 nitrogen and oxygen atoms in total. The van der Waals surface area contributed by atoms with Crippen LogP contribution in [0.4, 0.5) is 17.3 Å². The van der Waals surface area contributed by atoms with Crippen molar-refractivity contribution in [1.29, 1.82) is 0 Å². The number of allylic oxidation sites excluding steroid dienone is 1. The molecule has 0 saturated carbocycles. The van der Waals surface area contributed by atoms with Gasteiger partial charge in [-0.05, 0) is 0 Å². The fraction of sp³-hybridized carbons (Fsp3) is 0.250. The molecular formula is C12H13BClF4NTe. The van der Waals surface area contributed by atoms with Crippen molar-refractivity contribution >= 4 is 54.3 Å². The van der Waals surface area contributed by atoms with Gasteiger partial charge in [-0.15, -0.1) is 0 Å². The number of benzene rings is 1. The van der Waals surface area contributed by atoms with Gasteiger partial charge in [-0.2, -0.15) is 0 Å². The molecule has 0 fully saturated rings. The molecular weight excluding hydrogens is 408 g/mol. The molecule has 110 valence electrons. The maximum Gasteiger partial charge on any atom is 0.673 e. The van der Waals surface area contributed by atoms with Crippen LogP contribution in [0.5, 0.6) is 0 Å². The van der Waals surface area contributed by atoms with Crippen molar-refractivity contribution < 1.29 is 21.8 Å². The third-order valence-electron chi connectivity index (χ3n) is 2.34. The second kappa shape index (κ2) is 6.97. The van der Waals surface area contributed by atoms with E-state index in [4.69, 9.17) is 11.6 Å². The van der Waals surface area contributed by atoms with E-state index in [9.17, 15) is 17.3 Å². The zero-order valence-electron chi connectivity index (χ0n) is 11.1. The minimum absolute atomic E-state index is 0.236. The minimum atomic E-state index is -6.00. The predicted molar refractivity (Wildman–Crippen MR) is 76.5 cm³/mol. The van der Waals surface area contributed by atoms with Gasteiger partial charge in [0, 0.05) is 0 Å². The molecule has 0 atom stereocenters. The van der Waals surface area contributed by atoms with Crippen molar-refractivity contribution in [2.24, 2.45) is 7.05 Å². The summed E-state index contributed by atoms with van der Waals surface area (Å²) in [6.07, 6.45) is 2.10. The first-order valence-corrected chi connectivity index (χ1v) is 8.39. The smallest absolute Gasteiger partial charge is 0.418 e. The number of hydrogen-bond acceptors (Lipinski definition) is 0. The normalized spacial score (nSPS) is 12.3. The van der Waals surface area contributed by atoms with Gasteiger partial charge in [0.05, 0.1) is 0 Å². The van der Waals surface area contributed by atoms with E-state index >= 15 is 0 Å². The van der Waals surface area contributed by atoms with E-state index in [0.29, 0.717) is 0 Å². The van der Waals surface area contributed by atoms with Crippen LogP contribution in [-0.4, -0.2) is 27.7 Å². The summed E-state index contributed by atoms with van der Waals surface area (Å²) in [6, 6.07) is 6.70. The van der Waals surface area contributed by atoms with Crippen molar-refractivity contribution in [3.05, 3.63) is 32.5 Å². The summed E-state index contributed by atoms with van der Waals surface area (Å²) in [5, 5.41) is 0.867. The second-order valence-electron chi connectivity index (χ2n) is 4.20. The zero-order valence-corrected chi connectivity index (χ0v) is 14.2. The van der Waals surface area contributed by atoms with Crippen LogP contribution >= 0.6 is 11.6 Å². The molecule has 1 heterocycles. The van der Waals surface area contributed by atoms with Crippen molar-refractivity contribution in [1.82, 2.24) is 0 Å². The van der Waals surface area contributed by atoms with Crippen LogP contribution in [0.1, 0.15) is 16.2 Å². The molecule has 0 aliphatic rings. The van der Waals surface area contributed by atoms with E-state index in [-0.39, 0.29) is 20.4 Å². The molecule has 20 heavy (non-hydrogen) atoms. The van der Waals surface area contributed by atoms with Crippen LogP contribution < -0.4 is 4.57 Å². The second-order valence-corrected chi connectivity index (χ2v) is 7.82. The number of hydrogen-bond donors (Lipinski definition) is 0. The first kappa shape index (κ1) is 17.5. The van der Waals surface area contributed by atoms with Crippen molar-refractivity contribution in [2.75, 3.05) is 0 Å². The fourth-order valence-corrected chi connectivity index (χ4v) is 5.11. The van der Waals surface area contributed by atoms with Gasteiger partial charge in [-0.1, -0.05) is 0 Å². The molecule has 0 radical (unpaired) electrons. The summed E-state index contributed by atoms with van der Waals surface area (Å²) in [5.74, 6) is 0. The van der Waals surface area contributed by atoms with Gasteiger partial charge in [0.15, 0.2) is 0 Å². The van der Waals surface area contributed by atoms with Gasteiger partial charge in [-0.25, -0.2) is 0 Å². The Hall–Kier alpha value is -0.505. The molecule has 0 N–H and O–H groups in total. The molecule has 1 aromatic carbocycles. The van der Waals surface area contributed by atoms with Gasteiger partial charge >= 0.3 is 112 Å². The summed E-state index contributed by atoms with van der Waals surface area (Å²) in [7, 11) is -3.87. The van der Waals surface area contributed by atoms with E-state index in [1.807, 2.05) is 6.92 Å². The van der Waals surface area contributed by atoms with Gasteiger partial charge < -0.3 is 17.3 Å². The Morgan fingerprint density at radius 3 is 2.35 bits per heavy atom. The van der Waals surface area contributed by atoms with Gasteiger partial charge in [0.25, 0.3) is 0 Å². The molecule has 0 unspecified atom stereocenters. The molecule has 0 saturated heterocycles. The van der Waals surface area contributed by atoms with E-state index in [2.05, 4.69) is 42.8 Å². The largest absolute Gasteiger partial charge is 0.673 e. The number of fused-ring (bicyclic) bond motifs is 1. The summed E-state index contributed by atoms with van der Waals surface area (Å²) in [5.41, 5.74) is 2.68. The van der Waals surface area contributed by atoms with Crippen LogP contribution in [0.25, 0.3) is 15.0 Å². The number of rotatable bonds is 1. The Morgan fingerprint density at radius 2 is 1.85 bits per heavy atom. The number of aromatic nitrogens is 1. The SMILES string of the molecule is C/C(Cl)=C\c1[te]c2ccc(C)cc2[n+]1C.F[B-](F)(F)F. The molecule has 2 aromatic rings. The molecule has 0 aliphatic heterocycles. The molecule has 2 rings (SSSR count). The Bertz CT molecular complexity index is 626. The molecule has 0 spiro atoms. The topological polar surface area (TPSA) is 3.88 Å². The first-order valence-electron chi connectivity index (χ1n) is 5.68. The quantitative estimate of drug-likeness (QED) is 0.374. The predicted octanol–water partition coefficient (Wildman–Crippen LogP) is 3.93. The molecule has 0 amide bonds. The summed E-state index contributed by atoms with van der Waals surface area (Å²) in [6.45, 7) is 4.07. The summed E-state index contributed by atoms with van der Waals surface area (Å²) in [4.78, 5) is 0. The number of aryl methyl sites for hydroxylation is 2. The summed E-state index contributed by atoms with van der Waals surface area (Å²) >= 11 is 5.70. The van der Waals surface area contributed by atoms with Crippen LogP contribution in [0.2, 0.25) is 0 Å². The van der Waals surface area contributed by atoms with Crippen LogP contribution in [-0.2, 0) is 7.05 Å². The van der Waals surface area contributed by atoms with E-state index in [0.717, 1.165) is 5.03 Å². The zero-order chi connectivity index (χ0) is 15.5.